The Balaban J connectivity index is 1.39. The molecule has 7 heteroatoms. The Morgan fingerprint density at radius 2 is 1.65 bits per heavy atom. The van der Waals surface area contributed by atoms with E-state index < -0.39 is 5.25 Å². The van der Waals surface area contributed by atoms with Gasteiger partial charge in [0.05, 0.1) is 0 Å². The molecule has 2 aromatic heterocycles. The van der Waals surface area contributed by atoms with Gasteiger partial charge in [0.2, 0.25) is 5.13 Å². The van der Waals surface area contributed by atoms with E-state index in [1.54, 1.807) is 6.20 Å². The molecule has 5 nitrogen and oxygen atoms in total. The van der Waals surface area contributed by atoms with Gasteiger partial charge < -0.3 is 10.3 Å². The summed E-state index contributed by atoms with van der Waals surface area (Å²) in [5.41, 5.74) is 4.84. The maximum atomic E-state index is 13.7. The Bertz CT molecular complexity index is 1410. The first-order valence-corrected chi connectivity index (χ1v) is 12.8. The van der Waals surface area contributed by atoms with Crippen LogP contribution in [0.25, 0.3) is 10.9 Å². The molecule has 2 N–H and O–H groups in total. The predicted molar refractivity (Wildman–Crippen MR) is 141 cm³/mol. The molecule has 0 radical (unpaired) electrons. The molecular weight excluding hydrogens is 460 g/mol. The number of rotatable bonds is 8. The van der Waals surface area contributed by atoms with E-state index >= 15 is 0 Å². The van der Waals surface area contributed by atoms with Crippen LogP contribution in [0.15, 0.2) is 89.4 Å². The van der Waals surface area contributed by atoms with Gasteiger partial charge in [-0.3, -0.25) is 4.79 Å². The van der Waals surface area contributed by atoms with Gasteiger partial charge in [0.15, 0.2) is 10.1 Å². The van der Waals surface area contributed by atoms with E-state index in [2.05, 4.69) is 58.6 Å². The monoisotopic (exact) mass is 484 g/mol. The van der Waals surface area contributed by atoms with Gasteiger partial charge in [0, 0.05) is 28.4 Å². The number of para-hydroxylation sites is 1. The van der Waals surface area contributed by atoms with Gasteiger partial charge >= 0.3 is 0 Å². The second-order valence-electron chi connectivity index (χ2n) is 8.30. The number of carbonyl (C=O) groups is 1. The molecule has 0 aliphatic rings. The number of carbonyl (C=O) groups excluding carboxylic acids is 1. The summed E-state index contributed by atoms with van der Waals surface area (Å²) in [6.45, 7) is 4.36. The molecule has 5 aromatic rings. The third-order valence-electron chi connectivity index (χ3n) is 5.65. The molecule has 0 saturated heterocycles. The number of thioether (sulfide) groups is 1. The minimum atomic E-state index is -0.425. The van der Waals surface area contributed by atoms with Crippen molar-refractivity contribution in [1.82, 2.24) is 15.2 Å². The van der Waals surface area contributed by atoms with Gasteiger partial charge in [-0.1, -0.05) is 97.6 Å². The Morgan fingerprint density at radius 1 is 0.912 bits per heavy atom. The summed E-state index contributed by atoms with van der Waals surface area (Å²) in [4.78, 5) is 16.9. The van der Waals surface area contributed by atoms with Crippen LogP contribution in [0.5, 0.6) is 0 Å². The van der Waals surface area contributed by atoms with E-state index in [-0.39, 0.29) is 5.78 Å². The van der Waals surface area contributed by atoms with E-state index in [0.717, 1.165) is 26.5 Å². The van der Waals surface area contributed by atoms with Crippen LogP contribution < -0.4 is 5.32 Å². The van der Waals surface area contributed by atoms with Crippen LogP contribution in [0, 0.1) is 0 Å². The van der Waals surface area contributed by atoms with Crippen molar-refractivity contribution in [3.05, 3.63) is 102 Å². The fourth-order valence-electron chi connectivity index (χ4n) is 3.80. The number of hydrogen-bond acceptors (Lipinski definition) is 6. The third-order valence-corrected chi connectivity index (χ3v) is 7.83. The van der Waals surface area contributed by atoms with Crippen molar-refractivity contribution in [3.8, 4) is 0 Å². The lowest BCUT2D eigenvalue weighted by molar-refractivity contribution is 0.0991. The second-order valence-corrected chi connectivity index (χ2v) is 10.6. The average Bonchev–Trinajstić information content (AvgIpc) is 3.50. The van der Waals surface area contributed by atoms with Crippen LogP contribution in [-0.2, 0) is 0 Å². The lowest BCUT2D eigenvalue weighted by Gasteiger charge is -2.14. The molecule has 0 bridgehead atoms. The number of hydrogen-bond donors (Lipinski definition) is 2. The maximum absolute atomic E-state index is 13.7. The highest BCUT2D eigenvalue weighted by molar-refractivity contribution is 8.02. The zero-order chi connectivity index (χ0) is 23.5. The van der Waals surface area contributed by atoms with Crippen molar-refractivity contribution in [3.63, 3.8) is 0 Å². The number of H-pyrrole nitrogens is 1. The summed E-state index contributed by atoms with van der Waals surface area (Å²) < 4.78 is 0.739. The van der Waals surface area contributed by atoms with Gasteiger partial charge in [-0.15, -0.1) is 10.2 Å². The van der Waals surface area contributed by atoms with Crippen molar-refractivity contribution in [1.29, 1.82) is 0 Å². The number of nitrogens with one attached hydrogen (secondary N) is 2. The van der Waals surface area contributed by atoms with Crippen molar-refractivity contribution < 1.29 is 4.79 Å². The zero-order valence-electron chi connectivity index (χ0n) is 18.9. The van der Waals surface area contributed by atoms with E-state index in [1.807, 2.05) is 54.6 Å². The molecule has 2 heterocycles. The fourth-order valence-corrected chi connectivity index (χ4v) is 5.83. The number of nitrogens with zero attached hydrogens (tertiary/aromatic N) is 2. The molecule has 0 unspecified atom stereocenters. The zero-order valence-corrected chi connectivity index (χ0v) is 20.5. The second kappa shape index (κ2) is 9.83. The number of ketones is 1. The Hall–Kier alpha value is -3.42. The SMILES string of the molecule is CC(C)c1ccc(Nc2nnc(S[C@H](C(=O)c3c[nH]c4ccccc34)c3ccccc3)s2)cc1. The molecule has 0 spiro atoms. The highest BCUT2D eigenvalue weighted by atomic mass is 32.2. The first-order chi connectivity index (χ1) is 16.6. The lowest BCUT2D eigenvalue weighted by Crippen LogP contribution is -2.09. The predicted octanol–water partition coefficient (Wildman–Crippen LogP) is 7.60. The first-order valence-electron chi connectivity index (χ1n) is 11.1. The number of benzene rings is 3. The molecule has 0 aliphatic carbocycles. The van der Waals surface area contributed by atoms with Crippen molar-refractivity contribution in [2.24, 2.45) is 0 Å². The Morgan fingerprint density at radius 3 is 2.41 bits per heavy atom. The summed E-state index contributed by atoms with van der Waals surface area (Å²) in [5.74, 6) is 0.533. The van der Waals surface area contributed by atoms with Crippen LogP contribution in [0.4, 0.5) is 10.8 Å². The topological polar surface area (TPSA) is 70.7 Å². The number of fused-ring (bicyclic) bond motifs is 1. The van der Waals surface area contributed by atoms with E-state index in [4.69, 9.17) is 0 Å². The smallest absolute Gasteiger partial charge is 0.210 e. The highest BCUT2D eigenvalue weighted by Crippen LogP contribution is 2.41. The summed E-state index contributed by atoms with van der Waals surface area (Å²) in [6, 6.07) is 26.1. The molecule has 0 saturated carbocycles. The highest BCUT2D eigenvalue weighted by Gasteiger charge is 2.27. The number of aromatic nitrogens is 3. The summed E-state index contributed by atoms with van der Waals surface area (Å²) in [6.07, 6.45) is 1.80. The average molecular weight is 485 g/mol. The van der Waals surface area contributed by atoms with E-state index in [0.29, 0.717) is 16.6 Å². The fraction of sp³-hybridized carbons (Fsp3) is 0.148. The Kier molecular flexibility index (Phi) is 6.47. The van der Waals surface area contributed by atoms with Crippen molar-refractivity contribution in [2.45, 2.75) is 29.4 Å². The summed E-state index contributed by atoms with van der Waals surface area (Å²) in [7, 11) is 0. The normalized spacial score (nSPS) is 12.2. The largest absolute Gasteiger partial charge is 0.360 e. The number of Topliss-reactive ketones (excluding diaryl/α,β-unsaturated/α-hetero) is 1. The van der Waals surface area contributed by atoms with Crippen LogP contribution in [0.3, 0.4) is 0 Å². The van der Waals surface area contributed by atoms with E-state index in [9.17, 15) is 4.79 Å². The molecule has 3 aromatic carbocycles. The van der Waals surface area contributed by atoms with Crippen LogP contribution in [0.2, 0.25) is 0 Å². The van der Waals surface area contributed by atoms with Gasteiger partial charge in [-0.25, -0.2) is 0 Å². The van der Waals surface area contributed by atoms with Crippen molar-refractivity contribution >= 4 is 50.6 Å². The Labute approximate surface area is 206 Å². The molecule has 0 amide bonds. The third kappa shape index (κ3) is 4.76. The van der Waals surface area contributed by atoms with Crippen molar-refractivity contribution in [2.75, 3.05) is 5.32 Å². The summed E-state index contributed by atoms with van der Waals surface area (Å²) in [5, 5.41) is 13.2. The minimum Gasteiger partial charge on any atom is -0.360 e. The molecular formula is C27H24N4OS2. The van der Waals surface area contributed by atoms with Gasteiger partial charge in [-0.05, 0) is 35.2 Å². The van der Waals surface area contributed by atoms with Gasteiger partial charge in [-0.2, -0.15) is 0 Å². The van der Waals surface area contributed by atoms with Gasteiger partial charge in [0.25, 0.3) is 0 Å². The molecule has 170 valence electrons. The molecule has 0 fully saturated rings. The quantitative estimate of drug-likeness (QED) is 0.175. The molecule has 1 atom stereocenters. The first kappa shape index (κ1) is 22.4. The molecule has 0 aliphatic heterocycles. The number of aromatic amines is 1. The number of anilines is 2. The van der Waals surface area contributed by atoms with Crippen LogP contribution in [-0.4, -0.2) is 21.0 Å². The van der Waals surface area contributed by atoms with Crippen LogP contribution in [0.1, 0.15) is 46.5 Å². The van der Waals surface area contributed by atoms with E-state index in [1.165, 1.54) is 28.7 Å². The van der Waals surface area contributed by atoms with Gasteiger partial charge in [0.1, 0.15) is 5.25 Å². The maximum Gasteiger partial charge on any atom is 0.210 e. The standard InChI is InChI=1S/C27H24N4OS2/c1-17(2)18-12-14-20(15-13-18)29-26-30-31-27(34-26)33-25(19-8-4-3-5-9-19)24(32)22-16-28-23-11-7-6-10-21(22)23/h3-17,25,28H,1-2H3,(H,29,30)/t25-/m0/s1. The summed E-state index contributed by atoms with van der Waals surface area (Å²) >= 11 is 2.89. The lowest BCUT2D eigenvalue weighted by atomic mass is 10.0. The molecule has 5 rings (SSSR count). The van der Waals surface area contributed by atoms with Crippen LogP contribution >= 0.6 is 23.1 Å². The molecule has 34 heavy (non-hydrogen) atoms. The minimum absolute atomic E-state index is 0.0441.